The minimum absolute atomic E-state index is 0.0144. The van der Waals surface area contributed by atoms with E-state index in [9.17, 15) is 10.2 Å². The number of aliphatic hydroxyl groups is 3. The Balaban J connectivity index is 2.30. The quantitative estimate of drug-likeness (QED) is 0.695. The summed E-state index contributed by atoms with van der Waals surface area (Å²) < 4.78 is 0. The zero-order valence-electron chi connectivity index (χ0n) is 15.3. The third-order valence-electron chi connectivity index (χ3n) is 6.76. The molecule has 2 aliphatic rings. The maximum Gasteiger partial charge on any atom is 0.0853 e. The van der Waals surface area contributed by atoms with E-state index in [1.54, 1.807) is 0 Å². The molecule has 23 heavy (non-hydrogen) atoms. The summed E-state index contributed by atoms with van der Waals surface area (Å²) in [6, 6.07) is 0. The minimum Gasteiger partial charge on any atom is -0.392 e. The summed E-state index contributed by atoms with van der Waals surface area (Å²) in [6.07, 6.45) is 6.59. The van der Waals surface area contributed by atoms with Gasteiger partial charge in [0, 0.05) is 0 Å². The van der Waals surface area contributed by atoms with Gasteiger partial charge in [0.05, 0.1) is 18.8 Å². The number of hydrogen-bond acceptors (Lipinski definition) is 3. The van der Waals surface area contributed by atoms with Crippen molar-refractivity contribution >= 4 is 0 Å². The largest absolute Gasteiger partial charge is 0.392 e. The molecule has 132 valence electrons. The van der Waals surface area contributed by atoms with Crippen LogP contribution in [-0.2, 0) is 0 Å². The van der Waals surface area contributed by atoms with E-state index in [0.717, 1.165) is 19.3 Å². The van der Waals surface area contributed by atoms with Crippen molar-refractivity contribution in [3.8, 4) is 0 Å². The first kappa shape index (κ1) is 18.7. The van der Waals surface area contributed by atoms with E-state index in [2.05, 4.69) is 40.7 Å². The van der Waals surface area contributed by atoms with E-state index in [-0.39, 0.29) is 17.4 Å². The fourth-order valence-corrected chi connectivity index (χ4v) is 5.37. The van der Waals surface area contributed by atoms with Crippen LogP contribution in [0.4, 0.5) is 0 Å². The summed E-state index contributed by atoms with van der Waals surface area (Å²) >= 11 is 0. The number of fused-ring (bicyclic) bond motifs is 1. The van der Waals surface area contributed by atoms with E-state index in [1.165, 1.54) is 11.1 Å². The Morgan fingerprint density at radius 3 is 2.57 bits per heavy atom. The number of rotatable bonds is 4. The Labute approximate surface area is 141 Å². The number of aliphatic hydroxyl groups excluding tert-OH is 3. The van der Waals surface area contributed by atoms with Gasteiger partial charge in [0.25, 0.3) is 0 Å². The molecule has 0 aromatic heterocycles. The average molecular weight is 322 g/mol. The van der Waals surface area contributed by atoms with Crippen molar-refractivity contribution in [2.75, 3.05) is 6.61 Å². The monoisotopic (exact) mass is 322 g/mol. The lowest BCUT2D eigenvalue weighted by Gasteiger charge is -2.59. The van der Waals surface area contributed by atoms with E-state index < -0.39 is 12.2 Å². The minimum atomic E-state index is -0.649. The summed E-state index contributed by atoms with van der Waals surface area (Å²) in [7, 11) is 0. The van der Waals surface area contributed by atoms with Crippen molar-refractivity contribution in [3.05, 3.63) is 23.3 Å². The topological polar surface area (TPSA) is 60.7 Å². The molecule has 1 fully saturated rings. The molecule has 0 heterocycles. The molecule has 0 radical (unpaired) electrons. The van der Waals surface area contributed by atoms with Crippen molar-refractivity contribution in [2.24, 2.45) is 22.7 Å². The lowest BCUT2D eigenvalue weighted by Crippen LogP contribution is -2.59. The van der Waals surface area contributed by atoms with Gasteiger partial charge in [-0.15, -0.1) is 0 Å². The number of hydrogen-bond donors (Lipinski definition) is 3. The Morgan fingerprint density at radius 1 is 1.30 bits per heavy atom. The van der Waals surface area contributed by atoms with Crippen molar-refractivity contribution in [2.45, 2.75) is 72.5 Å². The molecular formula is C20H34O3. The molecule has 0 aromatic carbocycles. The third-order valence-corrected chi connectivity index (χ3v) is 6.76. The first-order valence-electron chi connectivity index (χ1n) is 8.94. The van der Waals surface area contributed by atoms with E-state index in [0.29, 0.717) is 18.3 Å². The Bertz CT molecular complexity index is 491. The standard InChI is InChI=1S/C20H34O3/c1-13(10-11-21)6-8-15-14(2)7-9-17-19(3,4)18(23)16(22)12-20(15,17)5/h7,10,15-18,21-23H,6,8-9,11-12H2,1-5H3/b13-10+/t15-,16-,17-,18-,20-/m1/s1. The van der Waals surface area contributed by atoms with Crippen LogP contribution >= 0.6 is 0 Å². The van der Waals surface area contributed by atoms with E-state index in [1.807, 2.05) is 6.08 Å². The van der Waals surface area contributed by atoms with Gasteiger partial charge in [-0.05, 0) is 62.2 Å². The summed E-state index contributed by atoms with van der Waals surface area (Å²) in [4.78, 5) is 0. The second-order valence-corrected chi connectivity index (χ2v) is 8.60. The molecule has 0 amide bonds. The highest BCUT2D eigenvalue weighted by atomic mass is 16.3. The Morgan fingerprint density at radius 2 is 1.96 bits per heavy atom. The smallest absolute Gasteiger partial charge is 0.0853 e. The lowest BCUT2D eigenvalue weighted by atomic mass is 9.47. The van der Waals surface area contributed by atoms with E-state index >= 15 is 0 Å². The van der Waals surface area contributed by atoms with Crippen LogP contribution in [0.2, 0.25) is 0 Å². The van der Waals surface area contributed by atoms with Gasteiger partial charge in [0.2, 0.25) is 0 Å². The van der Waals surface area contributed by atoms with Crippen LogP contribution in [-0.4, -0.2) is 34.1 Å². The molecule has 3 N–H and O–H groups in total. The summed E-state index contributed by atoms with van der Waals surface area (Å²) in [6.45, 7) is 10.9. The molecule has 3 nitrogen and oxygen atoms in total. The highest BCUT2D eigenvalue weighted by Gasteiger charge is 2.57. The third kappa shape index (κ3) is 3.29. The highest BCUT2D eigenvalue weighted by molar-refractivity contribution is 5.20. The van der Waals surface area contributed by atoms with Crippen molar-refractivity contribution < 1.29 is 15.3 Å². The Kier molecular flexibility index (Phi) is 5.44. The van der Waals surface area contributed by atoms with Gasteiger partial charge in [-0.1, -0.05) is 44.1 Å². The first-order valence-corrected chi connectivity index (χ1v) is 8.94. The zero-order chi connectivity index (χ0) is 17.4. The molecule has 5 atom stereocenters. The maximum atomic E-state index is 10.5. The zero-order valence-corrected chi connectivity index (χ0v) is 15.3. The fraction of sp³-hybridized carbons (Fsp3) is 0.800. The second kappa shape index (κ2) is 6.70. The van der Waals surface area contributed by atoms with Gasteiger partial charge < -0.3 is 15.3 Å². The van der Waals surface area contributed by atoms with Gasteiger partial charge in [-0.3, -0.25) is 0 Å². The fourth-order valence-electron chi connectivity index (χ4n) is 5.37. The van der Waals surface area contributed by atoms with Gasteiger partial charge in [0.1, 0.15) is 0 Å². The summed E-state index contributed by atoms with van der Waals surface area (Å²) in [5, 5.41) is 30.0. The van der Waals surface area contributed by atoms with Gasteiger partial charge >= 0.3 is 0 Å². The van der Waals surface area contributed by atoms with Crippen LogP contribution in [0.5, 0.6) is 0 Å². The summed E-state index contributed by atoms with van der Waals surface area (Å²) in [5.74, 6) is 0.800. The second-order valence-electron chi connectivity index (χ2n) is 8.60. The first-order chi connectivity index (χ1) is 10.6. The van der Waals surface area contributed by atoms with Crippen LogP contribution in [0.1, 0.15) is 60.3 Å². The van der Waals surface area contributed by atoms with Gasteiger partial charge in [-0.25, -0.2) is 0 Å². The van der Waals surface area contributed by atoms with Crippen LogP contribution in [0.3, 0.4) is 0 Å². The normalized spacial score (nSPS) is 40.5. The van der Waals surface area contributed by atoms with Crippen LogP contribution < -0.4 is 0 Å². The molecule has 0 bridgehead atoms. The SMILES string of the molecule is CC1=CC[C@@H]2C(C)(C)[C@H](O)[C@H](O)C[C@]2(C)[C@@H]1CC/C(C)=C/CO. The lowest BCUT2D eigenvalue weighted by molar-refractivity contribution is -0.174. The van der Waals surface area contributed by atoms with Gasteiger partial charge in [-0.2, -0.15) is 0 Å². The molecule has 1 saturated carbocycles. The van der Waals surface area contributed by atoms with Gasteiger partial charge in [0.15, 0.2) is 0 Å². The van der Waals surface area contributed by atoms with Crippen molar-refractivity contribution in [3.63, 3.8) is 0 Å². The molecule has 0 unspecified atom stereocenters. The highest BCUT2D eigenvalue weighted by Crippen LogP contribution is 2.60. The number of allylic oxidation sites excluding steroid dienone is 3. The molecule has 3 heteroatoms. The molecule has 0 aromatic rings. The van der Waals surface area contributed by atoms with Crippen LogP contribution in [0.15, 0.2) is 23.3 Å². The van der Waals surface area contributed by atoms with Crippen molar-refractivity contribution in [1.82, 2.24) is 0 Å². The summed E-state index contributed by atoms with van der Waals surface area (Å²) in [5.41, 5.74) is 2.37. The van der Waals surface area contributed by atoms with Crippen LogP contribution in [0.25, 0.3) is 0 Å². The molecule has 0 saturated heterocycles. The Hall–Kier alpha value is -0.640. The molecule has 2 rings (SSSR count). The predicted octanol–water partition coefficient (Wildman–Crippen LogP) is 3.45. The maximum absolute atomic E-state index is 10.5. The molecule has 0 aliphatic heterocycles. The molecule has 0 spiro atoms. The average Bonchev–Trinajstić information content (AvgIpc) is 2.44. The van der Waals surface area contributed by atoms with Crippen LogP contribution in [0, 0.1) is 22.7 Å². The van der Waals surface area contributed by atoms with E-state index in [4.69, 9.17) is 5.11 Å². The predicted molar refractivity (Wildman–Crippen MR) is 93.9 cm³/mol. The van der Waals surface area contributed by atoms with Crippen molar-refractivity contribution in [1.29, 1.82) is 0 Å². The molecule has 2 aliphatic carbocycles. The molecular weight excluding hydrogens is 288 g/mol.